The van der Waals surface area contributed by atoms with Gasteiger partial charge in [0.15, 0.2) is 17.5 Å². The number of furan rings is 1. The topological polar surface area (TPSA) is 51.8 Å². The molecule has 4 nitrogen and oxygen atoms in total. The van der Waals surface area contributed by atoms with Crippen molar-refractivity contribution in [1.82, 2.24) is 15.0 Å². The molecule has 258 valence electrons. The molecule has 3 heterocycles. The average molecular weight is 722 g/mol. The molecule has 0 saturated heterocycles. The zero-order valence-corrected chi connectivity index (χ0v) is 30.9. The Morgan fingerprint density at radius 2 is 1.11 bits per heavy atom. The van der Waals surface area contributed by atoms with Gasteiger partial charge in [0, 0.05) is 48.4 Å². The van der Waals surface area contributed by atoms with Crippen LogP contribution in [0.25, 0.3) is 109 Å². The van der Waals surface area contributed by atoms with E-state index in [2.05, 4.69) is 135 Å². The molecular weight excluding hydrogens is 691 g/mol. The van der Waals surface area contributed by atoms with E-state index in [4.69, 9.17) is 19.4 Å². The lowest BCUT2D eigenvalue weighted by molar-refractivity contribution is 0.645. The number of fused-ring (bicyclic) bond motifs is 11. The molecule has 1 aliphatic carbocycles. The number of hydrogen-bond donors (Lipinski definition) is 0. The third-order valence-electron chi connectivity index (χ3n) is 11.7. The van der Waals surface area contributed by atoms with Gasteiger partial charge in [0.25, 0.3) is 0 Å². The van der Waals surface area contributed by atoms with E-state index >= 15 is 0 Å². The number of nitrogens with zero attached hydrogens (tertiary/aromatic N) is 3. The van der Waals surface area contributed by atoms with Gasteiger partial charge in [-0.05, 0) is 62.0 Å². The van der Waals surface area contributed by atoms with Crippen LogP contribution in [-0.2, 0) is 5.41 Å². The first-order valence-electron chi connectivity index (χ1n) is 18.7. The molecule has 0 aliphatic heterocycles. The van der Waals surface area contributed by atoms with Crippen molar-refractivity contribution in [2.24, 2.45) is 0 Å². The SMILES string of the molecule is CC1(C)c2ccccc2-c2c3ccccc3c(-c3nc(-c4ccccc4)nc(-c4cc5c6ccccc6oc5c5c4sc4ccccc45)n3)c3cccc1c23. The third-order valence-corrected chi connectivity index (χ3v) is 12.9. The van der Waals surface area contributed by atoms with Crippen LogP contribution in [0.4, 0.5) is 0 Å². The Morgan fingerprint density at radius 3 is 1.96 bits per heavy atom. The standard InChI is InChI=1S/C50H31N3OS/c1-50(2)37-23-11-8-20-32(37)41-30-18-6-7-19-31(30)42(34-22-14-24-38(50)43(34)41)49-52-47(28-15-4-3-5-16-28)51-48(53-49)36-27-35-29-17-9-12-25-39(29)54-45(35)44-33-21-10-13-26-40(33)55-46(36)44/h3-27H,1-2H3. The molecule has 5 heteroatoms. The lowest BCUT2D eigenvalue weighted by atomic mass is 9.67. The van der Waals surface area contributed by atoms with Gasteiger partial charge in [-0.25, -0.2) is 15.0 Å². The first kappa shape index (κ1) is 30.7. The normalized spacial score (nSPS) is 13.4. The van der Waals surface area contributed by atoms with Gasteiger partial charge in [0.1, 0.15) is 11.2 Å². The summed E-state index contributed by atoms with van der Waals surface area (Å²) in [6, 6.07) is 53.8. The van der Waals surface area contributed by atoms with Crippen LogP contribution in [0.15, 0.2) is 156 Å². The highest BCUT2D eigenvalue weighted by molar-refractivity contribution is 7.26. The summed E-state index contributed by atoms with van der Waals surface area (Å²) < 4.78 is 8.94. The van der Waals surface area contributed by atoms with Crippen LogP contribution in [0.3, 0.4) is 0 Å². The predicted octanol–water partition coefficient (Wildman–Crippen LogP) is 13.8. The summed E-state index contributed by atoms with van der Waals surface area (Å²) in [5, 5.41) is 9.13. The summed E-state index contributed by atoms with van der Waals surface area (Å²) in [4.78, 5) is 16.2. The fourth-order valence-corrected chi connectivity index (χ4v) is 10.4. The van der Waals surface area contributed by atoms with Gasteiger partial charge in [-0.15, -0.1) is 11.3 Å². The second-order valence-electron chi connectivity index (χ2n) is 15.1. The molecule has 0 saturated carbocycles. The van der Waals surface area contributed by atoms with Crippen LogP contribution >= 0.6 is 11.3 Å². The fourth-order valence-electron chi connectivity index (χ4n) is 9.22. The summed E-state index contributed by atoms with van der Waals surface area (Å²) >= 11 is 1.76. The highest BCUT2D eigenvalue weighted by atomic mass is 32.1. The summed E-state index contributed by atoms with van der Waals surface area (Å²) in [5.74, 6) is 1.94. The minimum atomic E-state index is -0.197. The zero-order chi connectivity index (χ0) is 36.4. The van der Waals surface area contributed by atoms with Crippen molar-refractivity contribution in [2.75, 3.05) is 0 Å². The fraction of sp³-hybridized carbons (Fsp3) is 0.0600. The van der Waals surface area contributed by atoms with Crippen LogP contribution in [0, 0.1) is 0 Å². The van der Waals surface area contributed by atoms with E-state index in [9.17, 15) is 0 Å². The number of aromatic nitrogens is 3. The quantitative estimate of drug-likeness (QED) is 0.170. The van der Waals surface area contributed by atoms with E-state index in [-0.39, 0.29) is 5.41 Å². The van der Waals surface area contributed by atoms with Gasteiger partial charge in [0.05, 0.1) is 4.70 Å². The second kappa shape index (κ2) is 11.2. The molecule has 3 aromatic heterocycles. The van der Waals surface area contributed by atoms with Gasteiger partial charge in [-0.2, -0.15) is 0 Å². The molecule has 12 rings (SSSR count). The van der Waals surface area contributed by atoms with Crippen molar-refractivity contribution in [3.05, 3.63) is 163 Å². The lowest BCUT2D eigenvalue weighted by Gasteiger charge is -2.36. The average Bonchev–Trinajstić information content (AvgIpc) is 3.81. The summed E-state index contributed by atoms with van der Waals surface area (Å²) in [6.07, 6.45) is 0. The number of thiophene rings is 1. The Labute approximate surface area is 320 Å². The number of para-hydroxylation sites is 1. The smallest absolute Gasteiger partial charge is 0.165 e. The molecule has 8 aromatic carbocycles. The lowest BCUT2D eigenvalue weighted by Crippen LogP contribution is -2.23. The van der Waals surface area contributed by atoms with Gasteiger partial charge in [-0.3, -0.25) is 0 Å². The molecular formula is C50H31N3OS. The summed E-state index contributed by atoms with van der Waals surface area (Å²) in [5.41, 5.74) is 9.72. The first-order chi connectivity index (χ1) is 27.0. The van der Waals surface area contributed by atoms with Crippen molar-refractivity contribution in [3.63, 3.8) is 0 Å². The maximum absolute atomic E-state index is 6.64. The van der Waals surface area contributed by atoms with E-state index in [1.165, 1.54) is 43.1 Å². The van der Waals surface area contributed by atoms with Crippen molar-refractivity contribution >= 4 is 75.0 Å². The molecule has 0 fully saturated rings. The van der Waals surface area contributed by atoms with E-state index in [1.807, 2.05) is 30.3 Å². The second-order valence-corrected chi connectivity index (χ2v) is 16.1. The Kier molecular flexibility index (Phi) is 6.24. The molecule has 1 aliphatic rings. The van der Waals surface area contributed by atoms with Gasteiger partial charge in [-0.1, -0.05) is 147 Å². The molecule has 0 atom stereocenters. The van der Waals surface area contributed by atoms with Crippen LogP contribution in [-0.4, -0.2) is 15.0 Å². The number of rotatable bonds is 3. The van der Waals surface area contributed by atoms with Gasteiger partial charge in [0.2, 0.25) is 0 Å². The Hall–Kier alpha value is -6.69. The minimum absolute atomic E-state index is 0.197. The maximum Gasteiger partial charge on any atom is 0.165 e. The molecule has 0 radical (unpaired) electrons. The van der Waals surface area contributed by atoms with Crippen molar-refractivity contribution < 1.29 is 4.42 Å². The molecule has 0 N–H and O–H groups in total. The van der Waals surface area contributed by atoms with Crippen LogP contribution in [0.2, 0.25) is 0 Å². The molecule has 0 spiro atoms. The van der Waals surface area contributed by atoms with E-state index in [0.29, 0.717) is 17.5 Å². The van der Waals surface area contributed by atoms with Crippen LogP contribution in [0.5, 0.6) is 0 Å². The Morgan fingerprint density at radius 1 is 0.473 bits per heavy atom. The maximum atomic E-state index is 6.64. The van der Waals surface area contributed by atoms with Crippen molar-refractivity contribution in [2.45, 2.75) is 19.3 Å². The molecule has 0 amide bonds. The van der Waals surface area contributed by atoms with Crippen molar-refractivity contribution in [1.29, 1.82) is 0 Å². The van der Waals surface area contributed by atoms with E-state index in [1.54, 1.807) is 11.3 Å². The third kappa shape index (κ3) is 4.24. The Bertz CT molecular complexity index is 3410. The van der Waals surface area contributed by atoms with Gasteiger partial charge < -0.3 is 4.42 Å². The zero-order valence-electron chi connectivity index (χ0n) is 30.1. The summed E-state index contributed by atoms with van der Waals surface area (Å²) in [6.45, 7) is 4.69. The molecule has 0 bridgehead atoms. The highest BCUT2D eigenvalue weighted by Crippen LogP contribution is 2.54. The van der Waals surface area contributed by atoms with E-state index < -0.39 is 0 Å². The minimum Gasteiger partial charge on any atom is -0.455 e. The number of hydrogen-bond acceptors (Lipinski definition) is 5. The molecule has 0 unspecified atom stereocenters. The van der Waals surface area contributed by atoms with Gasteiger partial charge >= 0.3 is 0 Å². The monoisotopic (exact) mass is 721 g/mol. The molecule has 55 heavy (non-hydrogen) atoms. The largest absolute Gasteiger partial charge is 0.455 e. The molecule has 11 aromatic rings. The van der Waals surface area contributed by atoms with Crippen LogP contribution in [0.1, 0.15) is 25.0 Å². The Balaban J connectivity index is 1.24. The van der Waals surface area contributed by atoms with Crippen molar-refractivity contribution in [3.8, 4) is 45.3 Å². The summed E-state index contributed by atoms with van der Waals surface area (Å²) in [7, 11) is 0. The number of benzene rings is 8. The highest BCUT2D eigenvalue weighted by Gasteiger charge is 2.35. The predicted molar refractivity (Wildman–Crippen MR) is 229 cm³/mol. The van der Waals surface area contributed by atoms with Crippen LogP contribution < -0.4 is 0 Å². The first-order valence-corrected chi connectivity index (χ1v) is 19.5. The van der Waals surface area contributed by atoms with E-state index in [0.717, 1.165) is 59.5 Å².